The molecule has 0 spiro atoms. The summed E-state index contributed by atoms with van der Waals surface area (Å²) in [5.41, 5.74) is 0. The zero-order valence-electron chi connectivity index (χ0n) is 9.26. The summed E-state index contributed by atoms with van der Waals surface area (Å²) in [6, 6.07) is 4.75. The first-order valence-electron chi connectivity index (χ1n) is 5.17. The normalized spacial score (nSPS) is 20.9. The molecule has 1 unspecified atom stereocenters. The summed E-state index contributed by atoms with van der Waals surface area (Å²) in [6.07, 6.45) is 0.258. The van der Waals surface area contributed by atoms with Crippen molar-refractivity contribution in [1.29, 1.82) is 0 Å². The maximum Gasteiger partial charge on any atom is 0.241 e. The van der Waals surface area contributed by atoms with Gasteiger partial charge < -0.3 is 4.90 Å². The van der Waals surface area contributed by atoms with Crippen LogP contribution in [-0.4, -0.2) is 38.1 Å². The van der Waals surface area contributed by atoms with E-state index in [0.717, 1.165) is 6.07 Å². The van der Waals surface area contributed by atoms with Gasteiger partial charge in [0.05, 0.1) is 4.90 Å². The summed E-state index contributed by atoms with van der Waals surface area (Å²) >= 11 is 0. The first-order chi connectivity index (χ1) is 7.93. The molecule has 0 bridgehead atoms. The lowest BCUT2D eigenvalue weighted by Gasteiger charge is -2.11. The predicted octanol–water partition coefficient (Wildman–Crippen LogP) is 0.830. The van der Waals surface area contributed by atoms with Crippen LogP contribution in [-0.2, 0) is 14.6 Å². The van der Waals surface area contributed by atoms with Gasteiger partial charge >= 0.3 is 0 Å². The fraction of sp³-hybridized carbons (Fsp3) is 0.364. The standard InChI is InChI=1S/C11H12FNO3S/c1-13-6-5-10(11(13)14)17(15,16)9-4-2-3-8(12)7-9/h2-4,7,10H,5-6H2,1H3. The van der Waals surface area contributed by atoms with Gasteiger partial charge in [0.15, 0.2) is 9.84 Å². The molecule has 1 amide bonds. The van der Waals surface area contributed by atoms with E-state index in [9.17, 15) is 17.6 Å². The summed E-state index contributed by atoms with van der Waals surface area (Å²) in [5.74, 6) is -1.04. The molecule has 0 saturated carbocycles. The van der Waals surface area contributed by atoms with Crippen LogP contribution in [0.4, 0.5) is 4.39 Å². The van der Waals surface area contributed by atoms with Gasteiger partial charge in [0.25, 0.3) is 0 Å². The molecule has 0 aromatic heterocycles. The largest absolute Gasteiger partial charge is 0.345 e. The molecule has 17 heavy (non-hydrogen) atoms. The Labute approximate surface area is 99.0 Å². The zero-order chi connectivity index (χ0) is 12.6. The Morgan fingerprint density at radius 3 is 2.65 bits per heavy atom. The van der Waals surface area contributed by atoms with Gasteiger partial charge in [-0.3, -0.25) is 4.79 Å². The number of carbonyl (C=O) groups is 1. The number of likely N-dealkylation sites (tertiary alicyclic amines) is 1. The highest BCUT2D eigenvalue weighted by Crippen LogP contribution is 2.24. The van der Waals surface area contributed by atoms with Crippen molar-refractivity contribution in [2.24, 2.45) is 0 Å². The van der Waals surface area contributed by atoms with Crippen LogP contribution in [0.3, 0.4) is 0 Å². The zero-order valence-corrected chi connectivity index (χ0v) is 10.1. The molecule has 1 atom stereocenters. The fourth-order valence-corrected chi connectivity index (χ4v) is 3.62. The minimum Gasteiger partial charge on any atom is -0.345 e. The maximum absolute atomic E-state index is 13.0. The van der Waals surface area contributed by atoms with E-state index in [2.05, 4.69) is 0 Å². The minimum absolute atomic E-state index is 0.133. The molecule has 1 heterocycles. The number of carbonyl (C=O) groups excluding carboxylic acids is 1. The van der Waals surface area contributed by atoms with Gasteiger partial charge in [0, 0.05) is 13.6 Å². The highest BCUT2D eigenvalue weighted by Gasteiger charge is 2.40. The van der Waals surface area contributed by atoms with E-state index < -0.39 is 26.8 Å². The number of halogens is 1. The molecule has 1 fully saturated rings. The summed E-state index contributed by atoms with van der Waals surface area (Å²) in [7, 11) is -2.22. The van der Waals surface area contributed by atoms with E-state index in [-0.39, 0.29) is 11.3 Å². The van der Waals surface area contributed by atoms with Gasteiger partial charge in [-0.15, -0.1) is 0 Å². The molecule has 1 saturated heterocycles. The Morgan fingerprint density at radius 1 is 1.41 bits per heavy atom. The first kappa shape index (κ1) is 12.0. The molecule has 6 heteroatoms. The number of benzene rings is 1. The van der Waals surface area contributed by atoms with Crippen LogP contribution < -0.4 is 0 Å². The van der Waals surface area contributed by atoms with Crippen molar-refractivity contribution >= 4 is 15.7 Å². The van der Waals surface area contributed by atoms with Gasteiger partial charge in [-0.25, -0.2) is 12.8 Å². The second-order valence-corrected chi connectivity index (χ2v) is 6.17. The van der Waals surface area contributed by atoms with Crippen molar-refractivity contribution in [2.45, 2.75) is 16.6 Å². The lowest BCUT2D eigenvalue weighted by atomic mass is 10.3. The smallest absolute Gasteiger partial charge is 0.241 e. The second-order valence-electron chi connectivity index (χ2n) is 4.04. The number of rotatable bonds is 2. The lowest BCUT2D eigenvalue weighted by molar-refractivity contribution is -0.126. The maximum atomic E-state index is 13.0. The second kappa shape index (κ2) is 4.10. The van der Waals surface area contributed by atoms with Crippen molar-refractivity contribution in [3.63, 3.8) is 0 Å². The van der Waals surface area contributed by atoms with E-state index >= 15 is 0 Å². The van der Waals surface area contributed by atoms with E-state index in [4.69, 9.17) is 0 Å². The Hall–Kier alpha value is -1.43. The monoisotopic (exact) mass is 257 g/mol. The highest BCUT2D eigenvalue weighted by molar-refractivity contribution is 7.92. The Morgan fingerprint density at radius 2 is 2.12 bits per heavy atom. The predicted molar refractivity (Wildman–Crippen MR) is 59.6 cm³/mol. The van der Waals surface area contributed by atoms with Gasteiger partial charge in [-0.05, 0) is 24.6 Å². The molecule has 1 aromatic carbocycles. The van der Waals surface area contributed by atoms with E-state index in [0.29, 0.717) is 6.54 Å². The molecule has 92 valence electrons. The molecule has 4 nitrogen and oxygen atoms in total. The van der Waals surface area contributed by atoms with Crippen molar-refractivity contribution < 1.29 is 17.6 Å². The summed E-state index contributed by atoms with van der Waals surface area (Å²) in [4.78, 5) is 12.9. The van der Waals surface area contributed by atoms with Crippen LogP contribution in [0.25, 0.3) is 0 Å². The van der Waals surface area contributed by atoms with Gasteiger partial charge in [0.1, 0.15) is 11.1 Å². The third kappa shape index (κ3) is 2.04. The first-order valence-corrected chi connectivity index (χ1v) is 6.72. The Kier molecular flexibility index (Phi) is 2.91. The quantitative estimate of drug-likeness (QED) is 0.788. The molecule has 0 aliphatic carbocycles. The van der Waals surface area contributed by atoms with E-state index in [1.807, 2.05) is 0 Å². The van der Waals surface area contributed by atoms with Crippen LogP contribution in [0.15, 0.2) is 29.2 Å². The SMILES string of the molecule is CN1CCC(S(=O)(=O)c2cccc(F)c2)C1=O. The van der Waals surface area contributed by atoms with E-state index in [1.54, 1.807) is 7.05 Å². The molecule has 1 aliphatic rings. The Bertz CT molecular complexity index is 556. The number of hydrogen-bond acceptors (Lipinski definition) is 3. The van der Waals surface area contributed by atoms with Crippen LogP contribution >= 0.6 is 0 Å². The van der Waals surface area contributed by atoms with Gasteiger partial charge in [-0.1, -0.05) is 6.07 Å². The third-order valence-corrected chi connectivity index (χ3v) is 4.98. The average Bonchev–Trinajstić information content (AvgIpc) is 2.60. The number of amides is 1. The molecule has 2 rings (SSSR count). The van der Waals surface area contributed by atoms with Crippen molar-refractivity contribution in [2.75, 3.05) is 13.6 Å². The van der Waals surface area contributed by atoms with E-state index in [1.165, 1.54) is 23.1 Å². The fourth-order valence-electron chi connectivity index (χ4n) is 1.89. The number of nitrogens with zero attached hydrogens (tertiary/aromatic N) is 1. The average molecular weight is 257 g/mol. The number of hydrogen-bond donors (Lipinski definition) is 0. The van der Waals surface area contributed by atoms with Crippen LogP contribution in [0.1, 0.15) is 6.42 Å². The molecule has 1 aromatic rings. The van der Waals surface area contributed by atoms with Crippen LogP contribution in [0.2, 0.25) is 0 Å². The molecule has 0 N–H and O–H groups in total. The lowest BCUT2D eigenvalue weighted by Crippen LogP contribution is -2.31. The van der Waals surface area contributed by atoms with Crippen molar-refractivity contribution in [1.82, 2.24) is 4.90 Å². The van der Waals surface area contributed by atoms with Crippen LogP contribution in [0, 0.1) is 5.82 Å². The minimum atomic E-state index is -3.77. The van der Waals surface area contributed by atoms with Crippen molar-refractivity contribution in [3.05, 3.63) is 30.1 Å². The molecule has 0 radical (unpaired) electrons. The molecular weight excluding hydrogens is 245 g/mol. The summed E-state index contributed by atoms with van der Waals surface area (Å²) < 4.78 is 37.3. The van der Waals surface area contributed by atoms with Gasteiger partial charge in [-0.2, -0.15) is 0 Å². The van der Waals surface area contributed by atoms with Crippen molar-refractivity contribution in [3.8, 4) is 0 Å². The summed E-state index contributed by atoms with van der Waals surface area (Å²) in [6.45, 7) is 0.415. The topological polar surface area (TPSA) is 54.5 Å². The Balaban J connectivity index is 2.41. The molecular formula is C11H12FNO3S. The van der Waals surface area contributed by atoms with Crippen LogP contribution in [0.5, 0.6) is 0 Å². The third-order valence-electron chi connectivity index (χ3n) is 2.88. The number of sulfone groups is 1. The van der Waals surface area contributed by atoms with Gasteiger partial charge in [0.2, 0.25) is 5.91 Å². The summed E-state index contributed by atoms with van der Waals surface area (Å²) in [5, 5.41) is -1.07. The highest BCUT2D eigenvalue weighted by atomic mass is 32.2. The molecule has 1 aliphatic heterocycles.